The monoisotopic (exact) mass is 326 g/mol. The minimum atomic E-state index is 0.0610. The molecule has 0 aliphatic carbocycles. The van der Waals surface area contributed by atoms with Crippen LogP contribution in [0.1, 0.15) is 33.9 Å². The molecule has 1 aliphatic rings. The van der Waals surface area contributed by atoms with Gasteiger partial charge in [0.05, 0.1) is 5.56 Å². The number of furan rings is 1. The van der Waals surface area contributed by atoms with Gasteiger partial charge < -0.3 is 9.32 Å². The number of hydrogen-bond acceptors (Lipinski definition) is 3. The zero-order valence-electron chi connectivity index (χ0n) is 14.8. The Bertz CT molecular complexity index is 693. The Morgan fingerprint density at radius 3 is 2.71 bits per heavy atom. The number of hydrogen-bond donors (Lipinski definition) is 0. The molecule has 0 bridgehead atoms. The van der Waals surface area contributed by atoms with Crippen molar-refractivity contribution in [2.45, 2.75) is 26.8 Å². The Hall–Kier alpha value is -2.07. The molecular weight excluding hydrogens is 300 g/mol. The third-order valence-corrected chi connectivity index (χ3v) is 4.77. The molecule has 0 saturated carbocycles. The van der Waals surface area contributed by atoms with Crippen molar-refractivity contribution in [2.75, 3.05) is 26.7 Å². The van der Waals surface area contributed by atoms with Crippen molar-refractivity contribution in [3.8, 4) is 0 Å². The van der Waals surface area contributed by atoms with E-state index in [0.717, 1.165) is 38.4 Å². The fourth-order valence-corrected chi connectivity index (χ4v) is 3.57. The first-order chi connectivity index (χ1) is 11.5. The van der Waals surface area contributed by atoms with Crippen molar-refractivity contribution in [3.05, 3.63) is 59.0 Å². The fourth-order valence-electron chi connectivity index (χ4n) is 3.57. The van der Waals surface area contributed by atoms with E-state index < -0.39 is 0 Å². The topological polar surface area (TPSA) is 36.7 Å². The summed E-state index contributed by atoms with van der Waals surface area (Å²) in [6, 6.07) is 12.4. The van der Waals surface area contributed by atoms with E-state index in [1.807, 2.05) is 31.9 Å². The van der Waals surface area contributed by atoms with Crippen LogP contribution in [0, 0.1) is 19.8 Å². The van der Waals surface area contributed by atoms with Gasteiger partial charge in [-0.2, -0.15) is 0 Å². The Balaban J connectivity index is 1.53. The highest BCUT2D eigenvalue weighted by molar-refractivity contribution is 5.95. The highest BCUT2D eigenvalue weighted by atomic mass is 16.3. The number of carbonyl (C=O) groups excluding carboxylic acids is 1. The van der Waals surface area contributed by atoms with Crippen LogP contribution in [0.15, 0.2) is 40.8 Å². The molecule has 128 valence electrons. The summed E-state index contributed by atoms with van der Waals surface area (Å²) in [5.74, 6) is 2.10. The molecule has 1 aromatic heterocycles. The van der Waals surface area contributed by atoms with E-state index in [1.54, 1.807) is 0 Å². The molecule has 4 nitrogen and oxygen atoms in total. The minimum Gasteiger partial charge on any atom is -0.466 e. The highest BCUT2D eigenvalue weighted by Gasteiger charge is 2.26. The SMILES string of the molecule is Cc1cc(C(=O)N(C)CC2CCN(Cc3ccccc3)C2)c(C)o1. The Morgan fingerprint density at radius 1 is 1.29 bits per heavy atom. The van der Waals surface area contributed by atoms with Crippen LogP contribution >= 0.6 is 0 Å². The molecule has 1 aromatic carbocycles. The lowest BCUT2D eigenvalue weighted by Crippen LogP contribution is -2.33. The third-order valence-electron chi connectivity index (χ3n) is 4.77. The van der Waals surface area contributed by atoms with E-state index in [9.17, 15) is 4.79 Å². The number of amides is 1. The van der Waals surface area contributed by atoms with Crippen molar-refractivity contribution >= 4 is 5.91 Å². The standard InChI is InChI=1S/C20H26N2O2/c1-15-11-19(16(2)24-15)20(23)21(3)12-18-9-10-22(14-18)13-17-7-5-4-6-8-17/h4-8,11,18H,9-10,12-14H2,1-3H3. The molecule has 0 N–H and O–H groups in total. The van der Waals surface area contributed by atoms with Gasteiger partial charge in [-0.3, -0.25) is 9.69 Å². The summed E-state index contributed by atoms with van der Waals surface area (Å²) in [5.41, 5.74) is 2.04. The van der Waals surface area contributed by atoms with Crippen molar-refractivity contribution in [1.29, 1.82) is 0 Å². The summed E-state index contributed by atoms with van der Waals surface area (Å²) in [5, 5.41) is 0. The smallest absolute Gasteiger partial charge is 0.257 e. The maximum Gasteiger partial charge on any atom is 0.257 e. The molecule has 2 aromatic rings. The first kappa shape index (κ1) is 16.8. The highest BCUT2D eigenvalue weighted by Crippen LogP contribution is 2.21. The van der Waals surface area contributed by atoms with Gasteiger partial charge >= 0.3 is 0 Å². The Labute approximate surface area is 144 Å². The second-order valence-corrected chi connectivity index (χ2v) is 6.89. The van der Waals surface area contributed by atoms with Crippen molar-refractivity contribution in [2.24, 2.45) is 5.92 Å². The normalized spacial score (nSPS) is 18.0. The summed E-state index contributed by atoms with van der Waals surface area (Å²) in [6.45, 7) is 7.68. The summed E-state index contributed by atoms with van der Waals surface area (Å²) in [6.07, 6.45) is 1.15. The molecule has 2 heterocycles. The lowest BCUT2D eigenvalue weighted by molar-refractivity contribution is 0.0771. The van der Waals surface area contributed by atoms with Crippen LogP contribution in [0.4, 0.5) is 0 Å². The molecule has 1 atom stereocenters. The molecule has 0 radical (unpaired) electrons. The molecule has 1 saturated heterocycles. The van der Waals surface area contributed by atoms with E-state index in [2.05, 4.69) is 35.2 Å². The molecule has 4 heteroatoms. The number of carbonyl (C=O) groups is 1. The lowest BCUT2D eigenvalue weighted by Gasteiger charge is -2.21. The number of aryl methyl sites for hydroxylation is 2. The molecule has 1 unspecified atom stereocenters. The van der Waals surface area contributed by atoms with E-state index in [4.69, 9.17) is 4.42 Å². The first-order valence-corrected chi connectivity index (χ1v) is 8.61. The van der Waals surface area contributed by atoms with Crippen LogP contribution in [0.5, 0.6) is 0 Å². The van der Waals surface area contributed by atoms with Gasteiger partial charge in [0.15, 0.2) is 0 Å². The van der Waals surface area contributed by atoms with E-state index in [0.29, 0.717) is 17.2 Å². The third kappa shape index (κ3) is 3.88. The number of rotatable bonds is 5. The second-order valence-electron chi connectivity index (χ2n) is 6.89. The van der Waals surface area contributed by atoms with Crippen LogP contribution in [0.25, 0.3) is 0 Å². The quantitative estimate of drug-likeness (QED) is 0.844. The van der Waals surface area contributed by atoms with Crippen LogP contribution in [-0.4, -0.2) is 42.4 Å². The summed E-state index contributed by atoms with van der Waals surface area (Å²) in [4.78, 5) is 16.9. The largest absolute Gasteiger partial charge is 0.466 e. The predicted octanol–water partition coefficient (Wildman–Crippen LogP) is 3.49. The van der Waals surface area contributed by atoms with Crippen LogP contribution in [0.3, 0.4) is 0 Å². The average Bonchev–Trinajstić information content (AvgIpc) is 3.13. The van der Waals surface area contributed by atoms with Gasteiger partial charge in [0.25, 0.3) is 5.91 Å². The maximum absolute atomic E-state index is 12.6. The van der Waals surface area contributed by atoms with Gasteiger partial charge in [-0.15, -0.1) is 0 Å². The molecule has 24 heavy (non-hydrogen) atoms. The molecule has 1 fully saturated rings. The maximum atomic E-state index is 12.6. The molecule has 3 rings (SSSR count). The zero-order chi connectivity index (χ0) is 17.1. The van der Waals surface area contributed by atoms with Gasteiger partial charge in [-0.25, -0.2) is 0 Å². The van der Waals surface area contributed by atoms with Gasteiger partial charge in [0.1, 0.15) is 11.5 Å². The van der Waals surface area contributed by atoms with Gasteiger partial charge in [0, 0.05) is 26.7 Å². The minimum absolute atomic E-state index is 0.0610. The first-order valence-electron chi connectivity index (χ1n) is 8.61. The number of benzene rings is 1. The van der Waals surface area contributed by atoms with Crippen LogP contribution in [-0.2, 0) is 6.54 Å². The molecular formula is C20H26N2O2. The summed E-state index contributed by atoms with van der Waals surface area (Å²) >= 11 is 0. The van der Waals surface area contributed by atoms with Crippen molar-refractivity contribution in [1.82, 2.24) is 9.80 Å². The van der Waals surface area contributed by atoms with Crippen LogP contribution < -0.4 is 0 Å². The van der Waals surface area contributed by atoms with E-state index in [1.165, 1.54) is 5.56 Å². The van der Waals surface area contributed by atoms with Crippen molar-refractivity contribution < 1.29 is 9.21 Å². The number of likely N-dealkylation sites (tertiary alicyclic amines) is 1. The van der Waals surface area contributed by atoms with E-state index in [-0.39, 0.29) is 5.91 Å². The Morgan fingerprint density at radius 2 is 2.04 bits per heavy atom. The summed E-state index contributed by atoms with van der Waals surface area (Å²) < 4.78 is 5.48. The Kier molecular flexibility index (Phi) is 5.05. The second kappa shape index (κ2) is 7.22. The molecule has 0 spiro atoms. The molecule has 1 amide bonds. The van der Waals surface area contributed by atoms with Gasteiger partial charge in [-0.1, -0.05) is 30.3 Å². The van der Waals surface area contributed by atoms with Crippen LogP contribution in [0.2, 0.25) is 0 Å². The van der Waals surface area contributed by atoms with E-state index >= 15 is 0 Å². The average molecular weight is 326 g/mol. The van der Waals surface area contributed by atoms with Gasteiger partial charge in [0.2, 0.25) is 0 Å². The zero-order valence-corrected chi connectivity index (χ0v) is 14.8. The molecule has 1 aliphatic heterocycles. The fraction of sp³-hybridized carbons (Fsp3) is 0.450. The summed E-state index contributed by atoms with van der Waals surface area (Å²) in [7, 11) is 1.89. The predicted molar refractivity (Wildman–Crippen MR) is 95.0 cm³/mol. The van der Waals surface area contributed by atoms with Gasteiger partial charge in [-0.05, 0) is 44.4 Å². The number of nitrogens with zero attached hydrogens (tertiary/aromatic N) is 2. The van der Waals surface area contributed by atoms with Crippen molar-refractivity contribution in [3.63, 3.8) is 0 Å². The lowest BCUT2D eigenvalue weighted by atomic mass is 10.1.